The maximum absolute atomic E-state index is 11.3. The molecule has 0 aliphatic rings. The van der Waals surface area contributed by atoms with Gasteiger partial charge in [0.2, 0.25) is 5.88 Å². The average molecular weight is 184 g/mol. The molecule has 1 heterocycles. The average Bonchev–Trinajstić information content (AvgIpc) is 2.30. The van der Waals surface area contributed by atoms with Crippen molar-refractivity contribution in [1.29, 1.82) is 0 Å². The summed E-state index contributed by atoms with van der Waals surface area (Å²) in [5.74, 6) is -0.541. The van der Waals surface area contributed by atoms with Crippen molar-refractivity contribution in [2.45, 2.75) is 26.4 Å². The zero-order chi connectivity index (χ0) is 10.1. The fourth-order valence-corrected chi connectivity index (χ4v) is 0.735. The second-order valence-electron chi connectivity index (χ2n) is 3.61. The van der Waals surface area contributed by atoms with E-state index in [1.807, 2.05) is 0 Å². The lowest BCUT2D eigenvalue weighted by Crippen LogP contribution is -2.24. The van der Waals surface area contributed by atoms with Gasteiger partial charge in [-0.15, -0.1) is 0 Å². The van der Waals surface area contributed by atoms with E-state index in [2.05, 4.69) is 9.68 Å². The van der Waals surface area contributed by atoms with Crippen molar-refractivity contribution >= 4 is 11.9 Å². The molecule has 13 heavy (non-hydrogen) atoms. The Bertz CT molecular complexity index is 311. The molecule has 0 bridgehead atoms. The molecule has 0 radical (unpaired) electrons. The van der Waals surface area contributed by atoms with E-state index in [0.717, 1.165) is 0 Å². The summed E-state index contributed by atoms with van der Waals surface area (Å²) in [6.45, 7) is 5.32. The minimum absolute atomic E-state index is 0.0192. The summed E-state index contributed by atoms with van der Waals surface area (Å²) in [5.41, 5.74) is 4.95. The number of ether oxygens (including phenoxy) is 1. The number of aromatic nitrogens is 1. The van der Waals surface area contributed by atoms with Crippen molar-refractivity contribution in [1.82, 2.24) is 5.16 Å². The van der Waals surface area contributed by atoms with Crippen LogP contribution in [0.1, 0.15) is 31.1 Å². The Balaban J connectivity index is 2.76. The molecular formula is C8H12N2O3. The first-order valence-corrected chi connectivity index (χ1v) is 3.83. The molecule has 0 spiro atoms. The summed E-state index contributed by atoms with van der Waals surface area (Å²) in [6, 6.07) is 0. The maximum Gasteiger partial charge on any atom is 0.345 e. The molecule has 2 N–H and O–H groups in total. The number of rotatable bonds is 1. The molecule has 72 valence electrons. The first-order chi connectivity index (χ1) is 5.90. The van der Waals surface area contributed by atoms with Crippen molar-refractivity contribution in [2.75, 3.05) is 5.73 Å². The highest BCUT2D eigenvalue weighted by Gasteiger charge is 2.21. The summed E-state index contributed by atoms with van der Waals surface area (Å²) in [4.78, 5) is 11.3. The van der Waals surface area contributed by atoms with E-state index in [1.165, 1.54) is 6.20 Å². The van der Waals surface area contributed by atoms with Crippen LogP contribution in [-0.2, 0) is 4.74 Å². The van der Waals surface area contributed by atoms with Gasteiger partial charge >= 0.3 is 5.97 Å². The molecule has 0 saturated heterocycles. The van der Waals surface area contributed by atoms with Crippen molar-refractivity contribution in [2.24, 2.45) is 0 Å². The lowest BCUT2D eigenvalue weighted by molar-refractivity contribution is 0.00704. The summed E-state index contributed by atoms with van der Waals surface area (Å²) < 4.78 is 9.57. The van der Waals surface area contributed by atoms with Crippen LogP contribution in [0.5, 0.6) is 0 Å². The summed E-state index contributed by atoms with van der Waals surface area (Å²) >= 11 is 0. The Morgan fingerprint density at radius 2 is 2.23 bits per heavy atom. The third-order valence-electron chi connectivity index (χ3n) is 1.22. The molecule has 5 heteroatoms. The standard InChI is InChI=1S/C8H12N2O3/c1-8(2,3)12-7(11)5-4-10-13-6(5)9/h4H,9H2,1-3H3. The van der Waals surface area contributed by atoms with Gasteiger partial charge in [-0.05, 0) is 20.8 Å². The molecular weight excluding hydrogens is 172 g/mol. The van der Waals surface area contributed by atoms with E-state index in [4.69, 9.17) is 10.5 Å². The Morgan fingerprint density at radius 1 is 1.62 bits per heavy atom. The van der Waals surface area contributed by atoms with Gasteiger partial charge in [-0.3, -0.25) is 0 Å². The number of esters is 1. The van der Waals surface area contributed by atoms with Crippen molar-refractivity contribution in [3.8, 4) is 0 Å². The monoisotopic (exact) mass is 184 g/mol. The number of carbonyl (C=O) groups excluding carboxylic acids is 1. The largest absolute Gasteiger partial charge is 0.456 e. The van der Waals surface area contributed by atoms with E-state index in [-0.39, 0.29) is 11.4 Å². The summed E-state index contributed by atoms with van der Waals surface area (Å²) in [6.07, 6.45) is 1.24. The molecule has 5 nitrogen and oxygen atoms in total. The first kappa shape index (κ1) is 9.57. The van der Waals surface area contributed by atoms with Gasteiger partial charge < -0.3 is 15.0 Å². The Hall–Kier alpha value is -1.52. The molecule has 0 atom stereocenters. The maximum atomic E-state index is 11.3. The van der Waals surface area contributed by atoms with Gasteiger partial charge in [0, 0.05) is 0 Å². The predicted molar refractivity (Wildman–Crippen MR) is 46.1 cm³/mol. The van der Waals surface area contributed by atoms with Crippen LogP contribution < -0.4 is 5.73 Å². The quantitative estimate of drug-likeness (QED) is 0.663. The lowest BCUT2D eigenvalue weighted by atomic mass is 10.2. The SMILES string of the molecule is CC(C)(C)OC(=O)c1cnoc1N. The second-order valence-corrected chi connectivity index (χ2v) is 3.61. The third kappa shape index (κ3) is 2.47. The molecule has 0 amide bonds. The number of hydrogen-bond donors (Lipinski definition) is 1. The minimum atomic E-state index is -0.541. The number of nitrogens with zero attached hydrogens (tertiary/aromatic N) is 1. The van der Waals surface area contributed by atoms with Crippen molar-refractivity contribution < 1.29 is 14.1 Å². The minimum Gasteiger partial charge on any atom is -0.456 e. The van der Waals surface area contributed by atoms with Gasteiger partial charge in [0.05, 0.1) is 6.20 Å². The van der Waals surface area contributed by atoms with Gasteiger partial charge in [-0.2, -0.15) is 0 Å². The molecule has 0 unspecified atom stereocenters. The number of carbonyl (C=O) groups is 1. The van der Waals surface area contributed by atoms with Crippen LogP contribution in [0, 0.1) is 0 Å². The fourth-order valence-electron chi connectivity index (χ4n) is 0.735. The number of nitrogens with two attached hydrogens (primary N) is 1. The number of anilines is 1. The zero-order valence-corrected chi connectivity index (χ0v) is 7.83. The van der Waals surface area contributed by atoms with Gasteiger partial charge in [0.25, 0.3) is 0 Å². The Labute approximate surface area is 75.8 Å². The van der Waals surface area contributed by atoms with Crippen molar-refractivity contribution in [3.05, 3.63) is 11.8 Å². The van der Waals surface area contributed by atoms with Crippen LogP contribution in [0.25, 0.3) is 0 Å². The fraction of sp³-hybridized carbons (Fsp3) is 0.500. The van der Waals surface area contributed by atoms with Crippen molar-refractivity contribution in [3.63, 3.8) is 0 Å². The highest BCUT2D eigenvalue weighted by atomic mass is 16.6. The smallest absolute Gasteiger partial charge is 0.345 e. The first-order valence-electron chi connectivity index (χ1n) is 3.83. The van der Waals surface area contributed by atoms with E-state index in [1.54, 1.807) is 20.8 Å². The van der Waals surface area contributed by atoms with E-state index >= 15 is 0 Å². The summed E-state index contributed by atoms with van der Waals surface area (Å²) in [7, 11) is 0. The van der Waals surface area contributed by atoms with Gasteiger partial charge in [-0.1, -0.05) is 5.16 Å². The molecule has 1 rings (SSSR count). The highest BCUT2D eigenvalue weighted by molar-refractivity contribution is 5.93. The van der Waals surface area contributed by atoms with Crippen LogP contribution in [0.3, 0.4) is 0 Å². The molecule has 0 aromatic carbocycles. The molecule has 1 aromatic rings. The lowest BCUT2D eigenvalue weighted by Gasteiger charge is -2.18. The topological polar surface area (TPSA) is 78.3 Å². The highest BCUT2D eigenvalue weighted by Crippen LogP contribution is 2.15. The van der Waals surface area contributed by atoms with Crippen LogP contribution in [0.4, 0.5) is 5.88 Å². The number of nitrogen functional groups attached to an aromatic ring is 1. The normalized spacial score (nSPS) is 11.3. The zero-order valence-electron chi connectivity index (χ0n) is 7.83. The van der Waals surface area contributed by atoms with Crippen LogP contribution >= 0.6 is 0 Å². The molecule has 0 saturated carbocycles. The summed E-state index contributed by atoms with van der Waals surface area (Å²) in [5, 5.41) is 3.37. The molecule has 0 aliphatic heterocycles. The molecule has 0 aliphatic carbocycles. The van der Waals surface area contributed by atoms with E-state index < -0.39 is 11.6 Å². The van der Waals surface area contributed by atoms with E-state index in [0.29, 0.717) is 0 Å². The van der Waals surface area contributed by atoms with Gasteiger partial charge in [0.1, 0.15) is 11.2 Å². The van der Waals surface area contributed by atoms with Crippen LogP contribution in [0.15, 0.2) is 10.7 Å². The van der Waals surface area contributed by atoms with Crippen LogP contribution in [0.2, 0.25) is 0 Å². The Kier molecular flexibility index (Phi) is 2.27. The number of hydrogen-bond acceptors (Lipinski definition) is 5. The van der Waals surface area contributed by atoms with E-state index in [9.17, 15) is 4.79 Å². The van der Waals surface area contributed by atoms with Gasteiger partial charge in [0.15, 0.2) is 0 Å². The third-order valence-corrected chi connectivity index (χ3v) is 1.22. The second kappa shape index (κ2) is 3.08. The molecule has 0 fully saturated rings. The van der Waals surface area contributed by atoms with Gasteiger partial charge in [-0.25, -0.2) is 4.79 Å². The van der Waals surface area contributed by atoms with Crippen LogP contribution in [-0.4, -0.2) is 16.7 Å². The predicted octanol–water partition coefficient (Wildman–Crippen LogP) is 1.21. The Morgan fingerprint density at radius 3 is 2.62 bits per heavy atom. The molecule has 1 aromatic heterocycles.